The third-order valence-electron chi connectivity index (χ3n) is 2.80. The number of nitrogens with zero attached hydrogens (tertiary/aromatic N) is 2. The standard InChI is InChI=1S/C13H15FN2O4/c1-3-4-5-6-15(2)11-8-10(14)9(13(17)18)7-12(11)16(19)20/h3,7-8H,1,4-6H2,2H3,(H,17,18). The van der Waals surface area contributed by atoms with Gasteiger partial charge in [0.1, 0.15) is 17.1 Å². The number of rotatable bonds is 7. The minimum absolute atomic E-state index is 0.0570. The molecular weight excluding hydrogens is 267 g/mol. The van der Waals surface area contributed by atoms with E-state index in [0.29, 0.717) is 13.0 Å². The van der Waals surface area contributed by atoms with E-state index in [-0.39, 0.29) is 5.69 Å². The first-order valence-electron chi connectivity index (χ1n) is 5.91. The second-order valence-corrected chi connectivity index (χ2v) is 4.24. The van der Waals surface area contributed by atoms with Crippen LogP contribution in [0, 0.1) is 15.9 Å². The summed E-state index contributed by atoms with van der Waals surface area (Å²) in [5.74, 6) is -2.53. The van der Waals surface area contributed by atoms with Crippen molar-refractivity contribution < 1.29 is 19.2 Å². The maximum absolute atomic E-state index is 13.6. The van der Waals surface area contributed by atoms with E-state index in [0.717, 1.165) is 18.6 Å². The number of nitro benzene ring substituents is 1. The van der Waals surface area contributed by atoms with Crippen LogP contribution in [0.4, 0.5) is 15.8 Å². The minimum Gasteiger partial charge on any atom is -0.478 e. The lowest BCUT2D eigenvalue weighted by molar-refractivity contribution is -0.384. The molecule has 0 saturated carbocycles. The molecule has 1 rings (SSSR count). The number of carbonyl (C=O) groups is 1. The predicted molar refractivity (Wildman–Crippen MR) is 72.7 cm³/mol. The monoisotopic (exact) mass is 282 g/mol. The molecular formula is C13H15FN2O4. The summed E-state index contributed by atoms with van der Waals surface area (Å²) < 4.78 is 13.6. The maximum Gasteiger partial charge on any atom is 0.338 e. The highest BCUT2D eigenvalue weighted by Gasteiger charge is 2.23. The molecule has 1 aromatic rings. The number of hydrogen-bond donors (Lipinski definition) is 1. The van der Waals surface area contributed by atoms with Crippen LogP contribution in [0.3, 0.4) is 0 Å². The molecule has 1 aromatic carbocycles. The van der Waals surface area contributed by atoms with Gasteiger partial charge in [0.05, 0.1) is 4.92 Å². The van der Waals surface area contributed by atoms with Crippen molar-refractivity contribution in [2.75, 3.05) is 18.5 Å². The van der Waals surface area contributed by atoms with Crippen LogP contribution in [0.1, 0.15) is 23.2 Å². The Morgan fingerprint density at radius 3 is 2.75 bits per heavy atom. The first-order chi connectivity index (χ1) is 9.38. The number of carboxylic acids is 1. The number of nitro groups is 1. The van der Waals surface area contributed by atoms with E-state index in [2.05, 4.69) is 6.58 Å². The van der Waals surface area contributed by atoms with Gasteiger partial charge >= 0.3 is 5.97 Å². The third kappa shape index (κ3) is 3.53. The number of aromatic carboxylic acids is 1. The molecule has 0 atom stereocenters. The van der Waals surface area contributed by atoms with E-state index in [1.54, 1.807) is 13.1 Å². The van der Waals surface area contributed by atoms with E-state index in [1.807, 2.05) is 0 Å². The fourth-order valence-electron chi connectivity index (χ4n) is 1.76. The molecule has 0 amide bonds. The third-order valence-corrected chi connectivity index (χ3v) is 2.80. The lowest BCUT2D eigenvalue weighted by atomic mass is 10.1. The fourth-order valence-corrected chi connectivity index (χ4v) is 1.76. The van der Waals surface area contributed by atoms with Crippen molar-refractivity contribution in [1.29, 1.82) is 0 Å². The summed E-state index contributed by atoms with van der Waals surface area (Å²) in [5.41, 5.74) is -1.08. The molecule has 108 valence electrons. The number of benzene rings is 1. The Balaban J connectivity index is 3.17. The molecule has 6 nitrogen and oxygen atoms in total. The van der Waals surface area contributed by atoms with Crippen LogP contribution >= 0.6 is 0 Å². The molecule has 20 heavy (non-hydrogen) atoms. The van der Waals surface area contributed by atoms with Crippen molar-refractivity contribution in [3.05, 3.63) is 46.3 Å². The number of halogens is 1. The summed E-state index contributed by atoms with van der Waals surface area (Å²) in [5, 5.41) is 19.8. The van der Waals surface area contributed by atoms with E-state index in [9.17, 15) is 19.3 Å². The maximum atomic E-state index is 13.6. The van der Waals surface area contributed by atoms with Crippen LogP contribution in [0.2, 0.25) is 0 Å². The normalized spacial score (nSPS) is 10.1. The van der Waals surface area contributed by atoms with Crippen LogP contribution in [0.25, 0.3) is 0 Å². The number of unbranched alkanes of at least 4 members (excludes halogenated alkanes) is 1. The second kappa shape index (κ2) is 6.65. The summed E-state index contributed by atoms with van der Waals surface area (Å²) >= 11 is 0. The predicted octanol–water partition coefficient (Wildman–Crippen LogP) is 2.83. The molecule has 0 bridgehead atoms. The van der Waals surface area contributed by atoms with E-state index in [4.69, 9.17) is 5.11 Å². The fraction of sp³-hybridized carbons (Fsp3) is 0.308. The van der Waals surface area contributed by atoms with Gasteiger partial charge in [0.15, 0.2) is 0 Å². The van der Waals surface area contributed by atoms with Crippen molar-refractivity contribution in [2.45, 2.75) is 12.8 Å². The van der Waals surface area contributed by atoms with Crippen molar-refractivity contribution in [2.24, 2.45) is 0 Å². The quantitative estimate of drug-likeness (QED) is 0.360. The summed E-state index contributed by atoms with van der Waals surface area (Å²) in [6, 6.07) is 1.63. The molecule has 0 aliphatic carbocycles. The average Bonchev–Trinajstić information content (AvgIpc) is 2.37. The van der Waals surface area contributed by atoms with Crippen molar-refractivity contribution in [3.8, 4) is 0 Å². The topological polar surface area (TPSA) is 83.7 Å². The zero-order valence-electron chi connectivity index (χ0n) is 11.0. The van der Waals surface area contributed by atoms with E-state index < -0.39 is 28.0 Å². The molecule has 0 heterocycles. The van der Waals surface area contributed by atoms with Gasteiger partial charge in [0.25, 0.3) is 5.69 Å². The van der Waals surface area contributed by atoms with Gasteiger partial charge in [-0.3, -0.25) is 10.1 Å². The Labute approximate surface area is 115 Å². The minimum atomic E-state index is -1.54. The zero-order chi connectivity index (χ0) is 15.3. The highest BCUT2D eigenvalue weighted by Crippen LogP contribution is 2.30. The lowest BCUT2D eigenvalue weighted by Crippen LogP contribution is -2.20. The van der Waals surface area contributed by atoms with Gasteiger partial charge in [-0.2, -0.15) is 0 Å². The Morgan fingerprint density at radius 1 is 1.60 bits per heavy atom. The average molecular weight is 282 g/mol. The molecule has 1 N–H and O–H groups in total. The van der Waals surface area contributed by atoms with Crippen LogP contribution in [0.5, 0.6) is 0 Å². The van der Waals surface area contributed by atoms with Crippen LogP contribution in [0.15, 0.2) is 24.8 Å². The summed E-state index contributed by atoms with van der Waals surface area (Å²) in [7, 11) is 1.59. The van der Waals surface area contributed by atoms with Gasteiger partial charge in [0, 0.05) is 25.7 Å². The zero-order valence-corrected chi connectivity index (χ0v) is 11.0. The second-order valence-electron chi connectivity index (χ2n) is 4.24. The SMILES string of the molecule is C=CCCCN(C)c1cc(F)c(C(=O)O)cc1[N+](=O)[O-]. The van der Waals surface area contributed by atoms with Gasteiger partial charge in [-0.1, -0.05) is 6.08 Å². The highest BCUT2D eigenvalue weighted by molar-refractivity contribution is 5.90. The van der Waals surface area contributed by atoms with Gasteiger partial charge in [-0.15, -0.1) is 6.58 Å². The first kappa shape index (κ1) is 15.6. The molecule has 0 saturated heterocycles. The first-order valence-corrected chi connectivity index (χ1v) is 5.91. The molecule has 0 fully saturated rings. The van der Waals surface area contributed by atoms with E-state index >= 15 is 0 Å². The summed E-state index contributed by atoms with van der Waals surface area (Å²) in [6.45, 7) is 4.04. The number of carboxylic acid groups (broad SMARTS) is 1. The molecule has 7 heteroatoms. The molecule has 0 aliphatic heterocycles. The van der Waals surface area contributed by atoms with Crippen molar-refractivity contribution in [1.82, 2.24) is 0 Å². The molecule has 0 aliphatic rings. The van der Waals surface area contributed by atoms with Gasteiger partial charge < -0.3 is 10.0 Å². The van der Waals surface area contributed by atoms with Gasteiger partial charge in [-0.05, 0) is 12.8 Å². The Morgan fingerprint density at radius 2 is 2.25 bits per heavy atom. The number of allylic oxidation sites excluding steroid dienone is 1. The largest absolute Gasteiger partial charge is 0.478 e. The number of hydrogen-bond acceptors (Lipinski definition) is 4. The highest BCUT2D eigenvalue weighted by atomic mass is 19.1. The van der Waals surface area contributed by atoms with Crippen molar-refractivity contribution in [3.63, 3.8) is 0 Å². The molecule has 0 unspecified atom stereocenters. The van der Waals surface area contributed by atoms with Crippen molar-refractivity contribution >= 4 is 17.3 Å². The smallest absolute Gasteiger partial charge is 0.338 e. The van der Waals surface area contributed by atoms with Gasteiger partial charge in [0.2, 0.25) is 0 Å². The molecule has 0 spiro atoms. The summed E-state index contributed by atoms with van der Waals surface area (Å²) in [6.07, 6.45) is 3.16. The Kier molecular flexibility index (Phi) is 5.19. The van der Waals surface area contributed by atoms with Gasteiger partial charge in [-0.25, -0.2) is 9.18 Å². The molecule has 0 radical (unpaired) electrons. The summed E-state index contributed by atoms with van der Waals surface area (Å²) in [4.78, 5) is 22.6. The van der Waals surface area contributed by atoms with Crippen LogP contribution in [-0.2, 0) is 0 Å². The lowest BCUT2D eigenvalue weighted by Gasteiger charge is -2.19. The van der Waals surface area contributed by atoms with Crippen LogP contribution in [-0.4, -0.2) is 29.6 Å². The Bertz CT molecular complexity index is 545. The Hall–Kier alpha value is -2.44. The molecule has 0 aromatic heterocycles. The van der Waals surface area contributed by atoms with E-state index in [1.165, 1.54) is 4.90 Å². The van der Waals surface area contributed by atoms with Crippen LogP contribution < -0.4 is 4.90 Å². The number of anilines is 1.